The molecule has 0 unspecified atom stereocenters. The molecule has 0 spiro atoms. The molecule has 0 fully saturated rings. The van der Waals surface area contributed by atoms with Gasteiger partial charge in [0.15, 0.2) is 0 Å². The van der Waals surface area contributed by atoms with E-state index in [0.29, 0.717) is 0 Å². The van der Waals surface area contributed by atoms with Gasteiger partial charge in [0.1, 0.15) is 0 Å². The molecule has 0 radical (unpaired) electrons. The van der Waals surface area contributed by atoms with E-state index in [1.54, 1.807) is 0 Å². The Morgan fingerprint density at radius 1 is 0.419 bits per heavy atom. The van der Waals surface area contributed by atoms with Crippen LogP contribution in [0.25, 0.3) is 10.8 Å². The van der Waals surface area contributed by atoms with E-state index in [9.17, 15) is 0 Å². The predicted octanol–water partition coefficient (Wildman–Crippen LogP) is 8.09. The van der Waals surface area contributed by atoms with Gasteiger partial charge in [-0.1, -0.05) is 91.0 Å². The van der Waals surface area contributed by atoms with Crippen molar-refractivity contribution in [1.82, 2.24) is 0 Å². The summed E-state index contributed by atoms with van der Waals surface area (Å²) >= 11 is 0. The Hall–Kier alpha value is -3.84. The molecule has 0 aliphatic carbocycles. The van der Waals surface area contributed by atoms with Gasteiger partial charge in [-0.15, -0.1) is 0 Å². The summed E-state index contributed by atoms with van der Waals surface area (Å²) < 4.78 is 0. The molecule has 0 amide bonds. The third-order valence-electron chi connectivity index (χ3n) is 5.79. The van der Waals surface area contributed by atoms with Gasteiger partial charge >= 0.3 is 0 Å². The first-order chi connectivity index (χ1) is 15.4. The van der Waals surface area contributed by atoms with Crippen molar-refractivity contribution in [3.63, 3.8) is 0 Å². The Bertz CT molecular complexity index is 1210. The number of para-hydroxylation sites is 2. The molecule has 0 saturated carbocycles. The fraction of sp³-hybridized carbons (Fsp3) is 0.0667. The third kappa shape index (κ3) is 4.22. The first-order valence-electron chi connectivity index (χ1n) is 10.8. The molecule has 5 aromatic carbocycles. The highest BCUT2D eigenvalue weighted by molar-refractivity contribution is 5.85. The van der Waals surface area contributed by atoms with E-state index in [0.717, 1.165) is 24.2 Å². The molecule has 1 heteroatoms. The van der Waals surface area contributed by atoms with Gasteiger partial charge in [-0.25, -0.2) is 0 Å². The zero-order chi connectivity index (χ0) is 20.9. The van der Waals surface area contributed by atoms with Crippen molar-refractivity contribution in [2.75, 3.05) is 4.90 Å². The highest BCUT2D eigenvalue weighted by Gasteiger charge is 2.11. The number of nitrogens with zero attached hydrogens (tertiary/aromatic N) is 1. The van der Waals surface area contributed by atoms with Crippen molar-refractivity contribution >= 4 is 27.8 Å². The summed E-state index contributed by atoms with van der Waals surface area (Å²) in [6.07, 6.45) is 2.08. The number of benzene rings is 5. The Morgan fingerprint density at radius 3 is 1.65 bits per heavy atom. The average molecular weight is 400 g/mol. The molecule has 5 aromatic rings. The second kappa shape index (κ2) is 8.89. The summed E-state index contributed by atoms with van der Waals surface area (Å²) in [5, 5.41) is 2.68. The Kier molecular flexibility index (Phi) is 5.49. The normalized spacial score (nSPS) is 10.8. The maximum Gasteiger partial charge on any atom is 0.0461 e. The molecule has 0 atom stereocenters. The Labute approximate surface area is 184 Å². The van der Waals surface area contributed by atoms with Crippen LogP contribution < -0.4 is 4.90 Å². The molecule has 0 bridgehead atoms. The van der Waals surface area contributed by atoms with E-state index in [-0.39, 0.29) is 0 Å². The predicted molar refractivity (Wildman–Crippen MR) is 132 cm³/mol. The van der Waals surface area contributed by atoms with Gasteiger partial charge in [-0.3, -0.25) is 0 Å². The number of hydrogen-bond acceptors (Lipinski definition) is 1. The summed E-state index contributed by atoms with van der Waals surface area (Å²) in [6.45, 7) is 0. The van der Waals surface area contributed by atoms with E-state index in [1.165, 1.54) is 27.6 Å². The zero-order valence-electron chi connectivity index (χ0n) is 17.5. The van der Waals surface area contributed by atoms with E-state index in [2.05, 4.69) is 132 Å². The minimum absolute atomic E-state index is 1.03. The largest absolute Gasteiger partial charge is 0.311 e. The van der Waals surface area contributed by atoms with Gasteiger partial charge in [-0.05, 0) is 71.1 Å². The molecule has 0 saturated heterocycles. The summed E-state index contributed by atoms with van der Waals surface area (Å²) in [4.78, 5) is 2.30. The first kappa shape index (κ1) is 19.1. The van der Waals surface area contributed by atoms with Gasteiger partial charge in [-0.2, -0.15) is 0 Å². The average Bonchev–Trinajstić information content (AvgIpc) is 2.85. The number of hydrogen-bond donors (Lipinski definition) is 0. The Morgan fingerprint density at radius 2 is 0.968 bits per heavy atom. The van der Waals surface area contributed by atoms with Crippen LogP contribution in [-0.4, -0.2) is 0 Å². The van der Waals surface area contributed by atoms with Crippen LogP contribution in [0.4, 0.5) is 17.1 Å². The number of fused-ring (bicyclic) bond motifs is 1. The van der Waals surface area contributed by atoms with Crippen LogP contribution in [0.1, 0.15) is 11.1 Å². The van der Waals surface area contributed by atoms with Crippen LogP contribution in [0.15, 0.2) is 127 Å². The van der Waals surface area contributed by atoms with E-state index < -0.39 is 0 Å². The molecule has 0 heterocycles. The smallest absolute Gasteiger partial charge is 0.0461 e. The van der Waals surface area contributed by atoms with Crippen molar-refractivity contribution < 1.29 is 0 Å². The summed E-state index contributed by atoms with van der Waals surface area (Å²) in [5.74, 6) is 0. The van der Waals surface area contributed by atoms with Gasteiger partial charge in [0.25, 0.3) is 0 Å². The van der Waals surface area contributed by atoms with Crippen LogP contribution in [0.3, 0.4) is 0 Å². The van der Waals surface area contributed by atoms with Gasteiger partial charge in [0.2, 0.25) is 0 Å². The van der Waals surface area contributed by atoms with Gasteiger partial charge in [0.05, 0.1) is 0 Å². The van der Waals surface area contributed by atoms with E-state index >= 15 is 0 Å². The van der Waals surface area contributed by atoms with Crippen LogP contribution in [0.5, 0.6) is 0 Å². The lowest BCUT2D eigenvalue weighted by molar-refractivity contribution is 0.969. The standard InChI is InChI=1S/C30H25N/c1-3-13-27(14-4-1)31(28-15-5-2-6-16-28)29-22-19-24(20-23-29)18-21-26-12-9-11-25-10-7-8-17-30(25)26/h1-17,19-20,22-23H,18,21H2. The topological polar surface area (TPSA) is 3.24 Å². The van der Waals surface area contributed by atoms with Crippen molar-refractivity contribution in [1.29, 1.82) is 0 Å². The lowest BCUT2D eigenvalue weighted by Crippen LogP contribution is -2.09. The second-order valence-electron chi connectivity index (χ2n) is 7.81. The summed E-state index contributed by atoms with van der Waals surface area (Å²) in [5.41, 5.74) is 6.27. The van der Waals surface area contributed by atoms with Crippen molar-refractivity contribution in [3.8, 4) is 0 Å². The number of aryl methyl sites for hydroxylation is 2. The fourth-order valence-corrected chi connectivity index (χ4v) is 4.20. The summed E-state index contributed by atoms with van der Waals surface area (Å²) in [6, 6.07) is 45.3. The quantitative estimate of drug-likeness (QED) is 0.279. The van der Waals surface area contributed by atoms with Gasteiger partial charge < -0.3 is 4.90 Å². The lowest BCUT2D eigenvalue weighted by Gasteiger charge is -2.25. The summed E-state index contributed by atoms with van der Waals surface area (Å²) in [7, 11) is 0. The number of anilines is 3. The second-order valence-corrected chi connectivity index (χ2v) is 7.81. The molecular formula is C30H25N. The maximum absolute atomic E-state index is 2.30. The van der Waals surface area contributed by atoms with E-state index in [1.807, 2.05) is 0 Å². The van der Waals surface area contributed by atoms with Crippen molar-refractivity contribution in [2.45, 2.75) is 12.8 Å². The van der Waals surface area contributed by atoms with Crippen LogP contribution >= 0.6 is 0 Å². The van der Waals surface area contributed by atoms with Crippen molar-refractivity contribution in [3.05, 3.63) is 139 Å². The fourth-order valence-electron chi connectivity index (χ4n) is 4.20. The molecule has 0 aliphatic heterocycles. The van der Waals surface area contributed by atoms with Gasteiger partial charge in [0, 0.05) is 17.1 Å². The Balaban J connectivity index is 1.39. The minimum Gasteiger partial charge on any atom is -0.311 e. The van der Waals surface area contributed by atoms with Crippen LogP contribution in [0, 0.1) is 0 Å². The molecule has 0 N–H and O–H groups in total. The first-order valence-corrected chi connectivity index (χ1v) is 10.8. The van der Waals surface area contributed by atoms with Crippen LogP contribution in [-0.2, 0) is 12.8 Å². The van der Waals surface area contributed by atoms with E-state index in [4.69, 9.17) is 0 Å². The minimum atomic E-state index is 1.03. The molecular weight excluding hydrogens is 374 g/mol. The maximum atomic E-state index is 2.30. The number of rotatable bonds is 6. The molecule has 0 aliphatic rings. The molecule has 5 rings (SSSR count). The third-order valence-corrected chi connectivity index (χ3v) is 5.79. The SMILES string of the molecule is c1ccc(N(c2ccccc2)c2ccc(CCc3cccc4ccccc34)cc2)cc1. The highest BCUT2D eigenvalue weighted by atomic mass is 15.1. The monoisotopic (exact) mass is 399 g/mol. The molecule has 1 nitrogen and oxygen atoms in total. The zero-order valence-corrected chi connectivity index (χ0v) is 17.5. The van der Waals surface area contributed by atoms with Crippen molar-refractivity contribution in [2.24, 2.45) is 0 Å². The lowest BCUT2D eigenvalue weighted by atomic mass is 9.98. The highest BCUT2D eigenvalue weighted by Crippen LogP contribution is 2.34. The molecule has 31 heavy (non-hydrogen) atoms. The van der Waals surface area contributed by atoms with Crippen LogP contribution in [0.2, 0.25) is 0 Å². The molecule has 150 valence electrons. The molecule has 0 aromatic heterocycles.